The van der Waals surface area contributed by atoms with Gasteiger partial charge in [-0.3, -0.25) is 4.90 Å². The molecule has 1 aromatic rings. The Labute approximate surface area is 125 Å². The lowest BCUT2D eigenvalue weighted by atomic mass is 9.78. The molecule has 0 saturated heterocycles. The van der Waals surface area contributed by atoms with Gasteiger partial charge in [0.1, 0.15) is 5.54 Å². The van der Waals surface area contributed by atoms with Gasteiger partial charge in [-0.25, -0.2) is 0 Å². The normalized spacial score (nSPS) is 23.4. The quantitative estimate of drug-likeness (QED) is 0.675. The van der Waals surface area contributed by atoms with E-state index in [-0.39, 0.29) is 13.4 Å². The number of benzene rings is 1. The van der Waals surface area contributed by atoms with Crippen LogP contribution in [0.25, 0.3) is 0 Å². The van der Waals surface area contributed by atoms with Gasteiger partial charge < -0.3 is 14.6 Å². The van der Waals surface area contributed by atoms with Gasteiger partial charge in [0.05, 0.1) is 0 Å². The summed E-state index contributed by atoms with van der Waals surface area (Å²) in [5.74, 6) is 4.43. The van der Waals surface area contributed by atoms with Crippen molar-refractivity contribution in [2.45, 2.75) is 18.4 Å². The van der Waals surface area contributed by atoms with Crippen LogP contribution in [0.3, 0.4) is 0 Å². The summed E-state index contributed by atoms with van der Waals surface area (Å²) in [6.07, 6.45) is 9.13. The second kappa shape index (κ2) is 5.44. The summed E-state index contributed by atoms with van der Waals surface area (Å²) in [4.78, 5) is 2.20. The first-order chi connectivity index (χ1) is 10.2. The molecule has 0 aromatic heterocycles. The monoisotopic (exact) mass is 285 g/mol. The van der Waals surface area contributed by atoms with Gasteiger partial charge in [-0.2, -0.15) is 0 Å². The Balaban J connectivity index is 2.14. The van der Waals surface area contributed by atoms with Crippen LogP contribution in [0, 0.1) is 12.3 Å². The molecule has 0 spiro atoms. The second-order valence-electron chi connectivity index (χ2n) is 5.33. The Kier molecular flexibility index (Phi) is 3.62. The lowest BCUT2D eigenvalue weighted by Gasteiger charge is -2.44. The highest BCUT2D eigenvalue weighted by Gasteiger charge is 2.41. The number of hydrogen-bond donors (Lipinski definition) is 1. The lowest BCUT2D eigenvalue weighted by molar-refractivity contribution is 0.107. The van der Waals surface area contributed by atoms with E-state index in [1.807, 2.05) is 18.2 Å². The maximum absolute atomic E-state index is 9.52. The Morgan fingerprint density at radius 1 is 1.43 bits per heavy atom. The van der Waals surface area contributed by atoms with Crippen LogP contribution in [0.15, 0.2) is 24.8 Å². The highest BCUT2D eigenvalue weighted by molar-refractivity contribution is 5.54. The van der Waals surface area contributed by atoms with Gasteiger partial charge in [0.25, 0.3) is 0 Å². The van der Waals surface area contributed by atoms with Crippen LogP contribution in [0.2, 0.25) is 0 Å². The third-order valence-corrected chi connectivity index (χ3v) is 4.30. The molecule has 1 unspecified atom stereocenters. The molecule has 0 bridgehead atoms. The first-order valence-corrected chi connectivity index (χ1v) is 7.12. The summed E-state index contributed by atoms with van der Waals surface area (Å²) < 4.78 is 10.9. The fraction of sp³-hybridized carbons (Fsp3) is 0.412. The fourth-order valence-electron chi connectivity index (χ4n) is 3.29. The molecule has 0 aliphatic carbocycles. The summed E-state index contributed by atoms with van der Waals surface area (Å²) in [7, 11) is 0. The number of rotatable bonds is 4. The van der Waals surface area contributed by atoms with Crippen molar-refractivity contribution >= 4 is 0 Å². The fourth-order valence-corrected chi connectivity index (χ4v) is 3.29. The zero-order valence-electron chi connectivity index (χ0n) is 12.0. The minimum Gasteiger partial charge on any atom is -0.454 e. The molecule has 1 aromatic carbocycles. The summed E-state index contributed by atoms with van der Waals surface area (Å²) in [6, 6.07) is 3.99. The summed E-state index contributed by atoms with van der Waals surface area (Å²) in [5, 5.41) is 9.52. The Bertz CT molecular complexity index is 605. The topological polar surface area (TPSA) is 41.9 Å². The van der Waals surface area contributed by atoms with Crippen molar-refractivity contribution in [1.29, 1.82) is 0 Å². The van der Waals surface area contributed by atoms with E-state index in [0.29, 0.717) is 13.0 Å². The average molecular weight is 285 g/mol. The highest BCUT2D eigenvalue weighted by atomic mass is 16.7. The molecule has 4 heteroatoms. The van der Waals surface area contributed by atoms with Crippen molar-refractivity contribution in [1.82, 2.24) is 4.90 Å². The number of terminal acetylenes is 1. The van der Waals surface area contributed by atoms with Crippen LogP contribution in [0.4, 0.5) is 0 Å². The van der Waals surface area contributed by atoms with Gasteiger partial charge in [0, 0.05) is 26.1 Å². The van der Waals surface area contributed by atoms with E-state index >= 15 is 0 Å². The first kappa shape index (κ1) is 14.0. The van der Waals surface area contributed by atoms with Crippen molar-refractivity contribution in [2.75, 3.05) is 26.5 Å². The lowest BCUT2D eigenvalue weighted by Crippen LogP contribution is -2.50. The summed E-state index contributed by atoms with van der Waals surface area (Å²) in [6.45, 7) is 5.62. The van der Waals surface area contributed by atoms with Crippen molar-refractivity contribution in [3.8, 4) is 23.8 Å². The van der Waals surface area contributed by atoms with Gasteiger partial charge >= 0.3 is 0 Å². The molecule has 1 N–H and O–H groups in total. The first-order valence-electron chi connectivity index (χ1n) is 7.12. The van der Waals surface area contributed by atoms with E-state index < -0.39 is 5.54 Å². The van der Waals surface area contributed by atoms with Crippen molar-refractivity contribution in [2.24, 2.45) is 0 Å². The molecule has 110 valence electrons. The molecule has 2 heterocycles. The molecular formula is C17H19NO3. The van der Waals surface area contributed by atoms with Crippen molar-refractivity contribution in [3.05, 3.63) is 35.9 Å². The number of nitrogens with zero attached hydrogens (tertiary/aromatic N) is 1. The molecule has 4 nitrogen and oxygen atoms in total. The zero-order valence-corrected chi connectivity index (χ0v) is 12.0. The molecule has 2 aliphatic rings. The number of fused-ring (bicyclic) bond motifs is 2. The minimum atomic E-state index is -0.614. The van der Waals surface area contributed by atoms with E-state index in [2.05, 4.69) is 17.4 Å². The Morgan fingerprint density at radius 2 is 2.19 bits per heavy atom. The van der Waals surface area contributed by atoms with Crippen LogP contribution < -0.4 is 9.47 Å². The molecule has 0 amide bonds. The second-order valence-corrected chi connectivity index (χ2v) is 5.33. The SMILES string of the molecule is C#CC1(CCO)c2cc3c(cc2CCN1CC=C)OCO3. The Hall–Kier alpha value is -1.96. The molecular weight excluding hydrogens is 266 g/mol. The smallest absolute Gasteiger partial charge is 0.231 e. The molecule has 0 saturated carbocycles. The maximum atomic E-state index is 9.52. The summed E-state index contributed by atoms with van der Waals surface area (Å²) >= 11 is 0. The average Bonchev–Trinajstić information content (AvgIpc) is 2.95. The van der Waals surface area contributed by atoms with Crippen LogP contribution in [-0.2, 0) is 12.0 Å². The molecule has 3 rings (SSSR count). The molecule has 0 fully saturated rings. The van der Waals surface area contributed by atoms with Crippen molar-refractivity contribution in [3.63, 3.8) is 0 Å². The largest absolute Gasteiger partial charge is 0.454 e. The summed E-state index contributed by atoms with van der Waals surface area (Å²) in [5.41, 5.74) is 1.60. The van der Waals surface area contributed by atoms with Gasteiger partial charge in [-0.1, -0.05) is 12.0 Å². The van der Waals surface area contributed by atoms with E-state index in [4.69, 9.17) is 15.9 Å². The van der Waals surface area contributed by atoms with Crippen LogP contribution in [-0.4, -0.2) is 36.5 Å². The van der Waals surface area contributed by atoms with Crippen LogP contribution in [0.5, 0.6) is 11.5 Å². The predicted octanol–water partition coefficient (Wildman–Crippen LogP) is 1.67. The van der Waals surface area contributed by atoms with Crippen molar-refractivity contribution < 1.29 is 14.6 Å². The van der Waals surface area contributed by atoms with E-state index in [9.17, 15) is 5.11 Å². The van der Waals surface area contributed by atoms with Crippen LogP contribution in [0.1, 0.15) is 17.5 Å². The predicted molar refractivity (Wildman–Crippen MR) is 80.3 cm³/mol. The molecule has 1 atom stereocenters. The maximum Gasteiger partial charge on any atom is 0.231 e. The number of aliphatic hydroxyl groups is 1. The third-order valence-electron chi connectivity index (χ3n) is 4.30. The zero-order chi connectivity index (χ0) is 14.9. The number of aliphatic hydroxyl groups excluding tert-OH is 1. The number of ether oxygens (including phenoxy) is 2. The van der Waals surface area contributed by atoms with E-state index in [0.717, 1.165) is 30.0 Å². The van der Waals surface area contributed by atoms with Gasteiger partial charge in [0.15, 0.2) is 11.5 Å². The molecule has 0 radical (unpaired) electrons. The number of hydrogen-bond acceptors (Lipinski definition) is 4. The minimum absolute atomic E-state index is 0.0335. The van der Waals surface area contributed by atoms with Crippen LogP contribution >= 0.6 is 0 Å². The van der Waals surface area contributed by atoms with E-state index in [1.54, 1.807) is 0 Å². The van der Waals surface area contributed by atoms with E-state index in [1.165, 1.54) is 5.56 Å². The van der Waals surface area contributed by atoms with Gasteiger partial charge in [-0.15, -0.1) is 13.0 Å². The standard InChI is InChI=1S/C17H19NO3/c1-3-7-18-8-5-13-10-15-16(21-12-20-15)11-14(13)17(18,4-2)6-9-19/h2-3,10-11,19H,1,5-9,12H2. The van der Waals surface area contributed by atoms with Gasteiger partial charge in [-0.05, 0) is 29.7 Å². The molecule has 2 aliphatic heterocycles. The van der Waals surface area contributed by atoms with Gasteiger partial charge in [0.2, 0.25) is 6.79 Å². The third kappa shape index (κ3) is 2.10. The molecule has 21 heavy (non-hydrogen) atoms. The Morgan fingerprint density at radius 3 is 2.86 bits per heavy atom. The highest BCUT2D eigenvalue weighted by Crippen LogP contribution is 2.44.